The van der Waals surface area contributed by atoms with Crippen molar-refractivity contribution in [2.75, 3.05) is 14.2 Å². The normalized spacial score (nSPS) is 14.6. The van der Waals surface area contributed by atoms with Gasteiger partial charge in [0.2, 0.25) is 0 Å². The molecule has 1 unspecified atom stereocenters. The van der Waals surface area contributed by atoms with E-state index < -0.39 is 0 Å². The molecule has 8 nitrogen and oxygen atoms in total. The summed E-state index contributed by atoms with van der Waals surface area (Å²) in [6.07, 6.45) is 4.42. The zero-order chi connectivity index (χ0) is 19.2. The van der Waals surface area contributed by atoms with E-state index in [2.05, 4.69) is 25.4 Å². The number of aromatic nitrogens is 3. The van der Waals surface area contributed by atoms with Crippen molar-refractivity contribution in [1.82, 2.24) is 25.4 Å². The summed E-state index contributed by atoms with van der Waals surface area (Å²) in [7, 11) is 3.22. The van der Waals surface area contributed by atoms with Gasteiger partial charge in [0.15, 0.2) is 5.82 Å². The van der Waals surface area contributed by atoms with Crippen molar-refractivity contribution in [3.05, 3.63) is 35.4 Å². The quantitative estimate of drug-likeness (QED) is 0.812. The van der Waals surface area contributed by atoms with Crippen molar-refractivity contribution in [3.8, 4) is 11.5 Å². The summed E-state index contributed by atoms with van der Waals surface area (Å²) in [5, 5.41) is 14.3. The highest BCUT2D eigenvalue weighted by molar-refractivity contribution is 5.74. The van der Waals surface area contributed by atoms with Gasteiger partial charge in [0.1, 0.15) is 17.3 Å². The molecule has 2 aromatic rings. The number of benzene rings is 1. The largest absolute Gasteiger partial charge is 0.497 e. The predicted molar refractivity (Wildman–Crippen MR) is 101 cm³/mol. The van der Waals surface area contributed by atoms with Gasteiger partial charge in [0.25, 0.3) is 0 Å². The molecule has 1 atom stereocenters. The molecule has 27 heavy (non-hydrogen) atoms. The molecule has 8 heteroatoms. The summed E-state index contributed by atoms with van der Waals surface area (Å²) in [5.74, 6) is 3.23. The molecule has 0 radical (unpaired) electrons. The number of hydrogen-bond acceptors (Lipinski definition) is 5. The fraction of sp³-hybridized carbons (Fsp3) is 0.526. The maximum absolute atomic E-state index is 12.4. The van der Waals surface area contributed by atoms with E-state index >= 15 is 0 Å². The Balaban J connectivity index is 1.60. The minimum Gasteiger partial charge on any atom is -0.497 e. The average molecular weight is 373 g/mol. The Morgan fingerprint density at radius 1 is 1.22 bits per heavy atom. The summed E-state index contributed by atoms with van der Waals surface area (Å²) in [6.45, 7) is 3.17. The average Bonchev–Trinajstić information content (AvgIpc) is 2.91. The van der Waals surface area contributed by atoms with Gasteiger partial charge in [0.05, 0.1) is 26.8 Å². The number of amides is 2. The smallest absolute Gasteiger partial charge is 0.315 e. The van der Waals surface area contributed by atoms with Crippen LogP contribution < -0.4 is 20.1 Å². The van der Waals surface area contributed by atoms with Crippen molar-refractivity contribution in [2.24, 2.45) is 0 Å². The Morgan fingerprint density at radius 3 is 2.85 bits per heavy atom. The van der Waals surface area contributed by atoms with Crippen LogP contribution in [0.5, 0.6) is 11.5 Å². The summed E-state index contributed by atoms with van der Waals surface area (Å²) in [4.78, 5) is 12.4. The van der Waals surface area contributed by atoms with Gasteiger partial charge in [-0.25, -0.2) is 4.79 Å². The molecule has 0 aliphatic carbocycles. The molecular formula is C19H27N5O3. The second-order valence-electron chi connectivity index (χ2n) is 6.65. The number of methoxy groups -OCH3 is 2. The van der Waals surface area contributed by atoms with Crippen LogP contribution in [0.3, 0.4) is 0 Å². The van der Waals surface area contributed by atoms with Gasteiger partial charge in [-0.1, -0.05) is 6.42 Å². The van der Waals surface area contributed by atoms with Crippen molar-refractivity contribution in [1.29, 1.82) is 0 Å². The number of fused-ring (bicyclic) bond motifs is 1. The number of hydrogen-bond donors (Lipinski definition) is 2. The van der Waals surface area contributed by atoms with E-state index in [1.54, 1.807) is 14.2 Å². The van der Waals surface area contributed by atoms with Crippen LogP contribution in [0.25, 0.3) is 0 Å². The number of urea groups is 1. The Bertz CT molecular complexity index is 790. The lowest BCUT2D eigenvalue weighted by Crippen LogP contribution is -2.37. The molecule has 146 valence electrons. The Kier molecular flexibility index (Phi) is 6.16. The van der Waals surface area contributed by atoms with Crippen LogP contribution in [0, 0.1) is 0 Å². The molecule has 1 aliphatic rings. The lowest BCUT2D eigenvalue weighted by atomic mass is 10.1. The number of aryl methyl sites for hydroxylation is 1. The molecular weight excluding hydrogens is 346 g/mol. The molecule has 2 amide bonds. The van der Waals surface area contributed by atoms with Gasteiger partial charge in [-0.2, -0.15) is 0 Å². The van der Waals surface area contributed by atoms with E-state index in [-0.39, 0.29) is 12.1 Å². The molecule has 0 spiro atoms. The lowest BCUT2D eigenvalue weighted by Gasteiger charge is -2.18. The van der Waals surface area contributed by atoms with E-state index in [9.17, 15) is 4.79 Å². The van der Waals surface area contributed by atoms with Crippen molar-refractivity contribution < 1.29 is 14.3 Å². The SMILES string of the molecule is COc1ccc(OC)c(C(C)NC(=O)NCc2nnc3n2CCCCC3)c1. The van der Waals surface area contributed by atoms with Gasteiger partial charge in [-0.3, -0.25) is 0 Å². The number of carbonyl (C=O) groups excluding carboxylic acids is 1. The molecule has 2 N–H and O–H groups in total. The van der Waals surface area contributed by atoms with Crippen LogP contribution >= 0.6 is 0 Å². The predicted octanol–water partition coefficient (Wildman–Crippen LogP) is 2.58. The van der Waals surface area contributed by atoms with Crippen molar-refractivity contribution >= 4 is 6.03 Å². The third-order valence-electron chi connectivity index (χ3n) is 4.84. The first-order chi connectivity index (χ1) is 13.1. The minimum absolute atomic E-state index is 0.245. The highest BCUT2D eigenvalue weighted by Gasteiger charge is 2.17. The second kappa shape index (κ2) is 8.75. The van der Waals surface area contributed by atoms with Gasteiger partial charge in [-0.05, 0) is 38.0 Å². The van der Waals surface area contributed by atoms with Crippen LogP contribution in [0.4, 0.5) is 4.79 Å². The maximum Gasteiger partial charge on any atom is 0.315 e. The number of carbonyl (C=O) groups is 1. The zero-order valence-electron chi connectivity index (χ0n) is 16.1. The van der Waals surface area contributed by atoms with E-state index in [1.165, 1.54) is 6.42 Å². The maximum atomic E-state index is 12.4. The minimum atomic E-state index is -0.265. The van der Waals surface area contributed by atoms with E-state index in [0.717, 1.165) is 43.0 Å². The van der Waals surface area contributed by atoms with Crippen LogP contribution in [0.2, 0.25) is 0 Å². The molecule has 0 saturated carbocycles. The standard InChI is InChI=1S/C19H27N5O3/c1-13(15-11-14(26-2)8-9-16(15)27-3)21-19(25)20-12-18-23-22-17-7-5-4-6-10-24(17)18/h8-9,11,13H,4-7,10,12H2,1-3H3,(H2,20,21,25). The number of nitrogens with one attached hydrogen (secondary N) is 2. The Morgan fingerprint density at radius 2 is 2.07 bits per heavy atom. The monoisotopic (exact) mass is 373 g/mol. The van der Waals surface area contributed by atoms with E-state index in [1.807, 2.05) is 25.1 Å². The second-order valence-corrected chi connectivity index (χ2v) is 6.65. The van der Waals surface area contributed by atoms with Crippen LogP contribution in [-0.2, 0) is 19.5 Å². The van der Waals surface area contributed by atoms with Crippen molar-refractivity contribution in [2.45, 2.75) is 51.7 Å². The van der Waals surface area contributed by atoms with E-state index in [4.69, 9.17) is 9.47 Å². The number of rotatable bonds is 6. The lowest BCUT2D eigenvalue weighted by molar-refractivity contribution is 0.237. The van der Waals surface area contributed by atoms with E-state index in [0.29, 0.717) is 18.0 Å². The molecule has 1 aromatic carbocycles. The summed E-state index contributed by atoms with van der Waals surface area (Å²) < 4.78 is 12.8. The molecule has 0 fully saturated rings. The summed E-state index contributed by atoms with van der Waals surface area (Å²) in [6, 6.07) is 5.01. The summed E-state index contributed by atoms with van der Waals surface area (Å²) in [5.41, 5.74) is 0.850. The van der Waals surface area contributed by atoms with Crippen LogP contribution in [-0.4, -0.2) is 35.0 Å². The van der Waals surface area contributed by atoms with Crippen molar-refractivity contribution in [3.63, 3.8) is 0 Å². The molecule has 1 aromatic heterocycles. The number of nitrogens with zero attached hydrogens (tertiary/aromatic N) is 3. The third-order valence-corrected chi connectivity index (χ3v) is 4.84. The molecule has 3 rings (SSSR count). The fourth-order valence-corrected chi connectivity index (χ4v) is 3.34. The summed E-state index contributed by atoms with van der Waals surface area (Å²) >= 11 is 0. The Labute approximate surface area is 159 Å². The van der Waals surface area contributed by atoms with Gasteiger partial charge >= 0.3 is 6.03 Å². The van der Waals surface area contributed by atoms with Crippen LogP contribution in [0.15, 0.2) is 18.2 Å². The molecule has 1 aliphatic heterocycles. The molecule has 0 saturated heterocycles. The molecule has 2 heterocycles. The first-order valence-corrected chi connectivity index (χ1v) is 9.29. The fourth-order valence-electron chi connectivity index (χ4n) is 3.34. The van der Waals surface area contributed by atoms with Crippen LogP contribution in [0.1, 0.15) is 49.4 Å². The highest BCUT2D eigenvalue weighted by Crippen LogP contribution is 2.29. The zero-order valence-corrected chi connectivity index (χ0v) is 16.1. The van der Waals surface area contributed by atoms with Gasteiger partial charge in [0, 0.05) is 18.5 Å². The number of ether oxygens (including phenoxy) is 2. The van der Waals surface area contributed by atoms with Gasteiger partial charge < -0.3 is 24.7 Å². The third kappa shape index (κ3) is 4.50. The first-order valence-electron chi connectivity index (χ1n) is 9.29. The topological polar surface area (TPSA) is 90.3 Å². The first kappa shape index (κ1) is 19.0. The van der Waals surface area contributed by atoms with Gasteiger partial charge in [-0.15, -0.1) is 10.2 Å². The molecule has 0 bridgehead atoms. The highest BCUT2D eigenvalue weighted by atomic mass is 16.5. The Hall–Kier alpha value is -2.77.